The molecule has 5 nitrogen and oxygen atoms in total. The summed E-state index contributed by atoms with van der Waals surface area (Å²) in [6.45, 7) is 1.71. The highest BCUT2D eigenvalue weighted by Gasteiger charge is 2.21. The van der Waals surface area contributed by atoms with E-state index in [-0.39, 0.29) is 12.2 Å². The number of aromatic nitrogens is 1. The van der Waals surface area contributed by atoms with Gasteiger partial charge in [0, 0.05) is 29.9 Å². The third-order valence-corrected chi connectivity index (χ3v) is 6.01. The van der Waals surface area contributed by atoms with Gasteiger partial charge in [-0.1, -0.05) is 29.4 Å². The summed E-state index contributed by atoms with van der Waals surface area (Å²) in [5, 5.41) is 3.97. The summed E-state index contributed by atoms with van der Waals surface area (Å²) >= 11 is 0. The smallest absolute Gasteiger partial charge is 0.248 e. The van der Waals surface area contributed by atoms with E-state index < -0.39 is 18.3 Å². The molecule has 0 radical (unpaired) electrons. The minimum atomic E-state index is -0.990. The van der Waals surface area contributed by atoms with Gasteiger partial charge in [0.15, 0.2) is 11.6 Å². The average Bonchev–Trinajstić information content (AvgIpc) is 2.85. The highest BCUT2D eigenvalue weighted by molar-refractivity contribution is 6.12. The fourth-order valence-electron chi connectivity index (χ4n) is 4.23. The SMILES string of the molecule is O=c1cc(C2CCN(Cc3ccc(/C(=N/OCCF)c4ccc(F)c(F)c4)cc3)CC2)cc[nH]1. The molecule has 3 aromatic rings. The Morgan fingerprint density at radius 2 is 1.74 bits per heavy atom. The Balaban J connectivity index is 1.42. The lowest BCUT2D eigenvalue weighted by Crippen LogP contribution is -2.32. The molecule has 1 fully saturated rings. The van der Waals surface area contributed by atoms with Gasteiger partial charge in [-0.25, -0.2) is 13.2 Å². The molecular formula is C26H26F3N3O2. The number of rotatable bonds is 8. The van der Waals surface area contributed by atoms with Gasteiger partial charge in [-0.3, -0.25) is 9.69 Å². The van der Waals surface area contributed by atoms with Crippen molar-refractivity contribution in [2.45, 2.75) is 25.3 Å². The van der Waals surface area contributed by atoms with E-state index in [9.17, 15) is 18.0 Å². The molecule has 1 aliphatic rings. The molecule has 178 valence electrons. The van der Waals surface area contributed by atoms with Crippen LogP contribution in [0.1, 0.15) is 41.0 Å². The zero-order valence-electron chi connectivity index (χ0n) is 18.6. The van der Waals surface area contributed by atoms with E-state index in [0.29, 0.717) is 22.8 Å². The first-order valence-electron chi connectivity index (χ1n) is 11.2. The van der Waals surface area contributed by atoms with Crippen LogP contribution in [0.15, 0.2) is 70.7 Å². The molecule has 1 aliphatic heterocycles. The number of H-pyrrole nitrogens is 1. The number of hydrogen-bond acceptors (Lipinski definition) is 4. The van der Waals surface area contributed by atoms with Gasteiger partial charge in [-0.15, -0.1) is 0 Å². The van der Waals surface area contributed by atoms with Gasteiger partial charge in [-0.2, -0.15) is 0 Å². The second-order valence-corrected chi connectivity index (χ2v) is 8.32. The molecule has 2 aromatic carbocycles. The van der Waals surface area contributed by atoms with Crippen LogP contribution in [-0.2, 0) is 11.4 Å². The van der Waals surface area contributed by atoms with Crippen LogP contribution in [-0.4, -0.2) is 42.0 Å². The summed E-state index contributed by atoms with van der Waals surface area (Å²) in [5.74, 6) is -1.55. The highest BCUT2D eigenvalue weighted by Crippen LogP contribution is 2.28. The summed E-state index contributed by atoms with van der Waals surface area (Å²) in [5.41, 5.74) is 3.42. The minimum absolute atomic E-state index is 0.0682. The summed E-state index contributed by atoms with van der Waals surface area (Å²) in [6, 6.07) is 14.8. The number of piperidine rings is 1. The van der Waals surface area contributed by atoms with Crippen molar-refractivity contribution in [1.29, 1.82) is 0 Å². The maximum Gasteiger partial charge on any atom is 0.248 e. The molecule has 0 atom stereocenters. The number of nitrogens with zero attached hydrogens (tertiary/aromatic N) is 2. The number of nitrogens with one attached hydrogen (secondary N) is 1. The number of oxime groups is 1. The van der Waals surface area contributed by atoms with Crippen molar-refractivity contribution in [1.82, 2.24) is 9.88 Å². The zero-order chi connectivity index (χ0) is 23.9. The minimum Gasteiger partial charge on any atom is -0.392 e. The van der Waals surface area contributed by atoms with Crippen molar-refractivity contribution in [2.75, 3.05) is 26.4 Å². The molecule has 1 aromatic heterocycles. The Labute approximate surface area is 195 Å². The Hall–Kier alpha value is -3.39. The molecular weight excluding hydrogens is 443 g/mol. The van der Waals surface area contributed by atoms with Crippen molar-refractivity contribution in [3.8, 4) is 0 Å². The number of halogens is 3. The molecule has 0 unspecified atom stereocenters. The van der Waals surface area contributed by atoms with Crippen LogP contribution >= 0.6 is 0 Å². The second kappa shape index (κ2) is 11.2. The van der Waals surface area contributed by atoms with E-state index in [2.05, 4.69) is 15.0 Å². The van der Waals surface area contributed by atoms with Gasteiger partial charge in [-0.05, 0) is 67.2 Å². The first kappa shape index (κ1) is 23.8. The van der Waals surface area contributed by atoms with E-state index >= 15 is 0 Å². The summed E-state index contributed by atoms with van der Waals surface area (Å²) in [7, 11) is 0. The van der Waals surface area contributed by atoms with Crippen LogP contribution < -0.4 is 5.56 Å². The van der Waals surface area contributed by atoms with Crippen molar-refractivity contribution in [3.05, 3.63) is 105 Å². The van der Waals surface area contributed by atoms with Crippen LogP contribution in [0.3, 0.4) is 0 Å². The lowest BCUT2D eigenvalue weighted by Gasteiger charge is -2.32. The zero-order valence-corrected chi connectivity index (χ0v) is 18.6. The first-order valence-corrected chi connectivity index (χ1v) is 11.2. The lowest BCUT2D eigenvalue weighted by molar-refractivity contribution is 0.128. The first-order chi connectivity index (χ1) is 16.5. The third-order valence-electron chi connectivity index (χ3n) is 6.01. The van der Waals surface area contributed by atoms with Gasteiger partial charge in [0.05, 0.1) is 0 Å². The Bertz CT molecular complexity index is 1190. The van der Waals surface area contributed by atoms with Crippen molar-refractivity contribution < 1.29 is 18.0 Å². The number of hydrogen-bond donors (Lipinski definition) is 1. The van der Waals surface area contributed by atoms with E-state index in [1.807, 2.05) is 30.3 Å². The number of benzene rings is 2. The predicted octanol–water partition coefficient (Wildman–Crippen LogP) is 4.77. The van der Waals surface area contributed by atoms with Crippen molar-refractivity contribution in [2.24, 2.45) is 5.16 Å². The Kier molecular flexibility index (Phi) is 7.80. The second-order valence-electron chi connectivity index (χ2n) is 8.32. The van der Waals surface area contributed by atoms with Gasteiger partial charge >= 0.3 is 0 Å². The van der Waals surface area contributed by atoms with E-state index in [0.717, 1.165) is 55.7 Å². The number of likely N-dealkylation sites (tertiary alicyclic amines) is 1. The number of alkyl halides is 1. The Morgan fingerprint density at radius 1 is 1.00 bits per heavy atom. The predicted molar refractivity (Wildman–Crippen MR) is 125 cm³/mol. The third kappa shape index (κ3) is 5.94. The fourth-order valence-corrected chi connectivity index (χ4v) is 4.23. The summed E-state index contributed by atoms with van der Waals surface area (Å²) in [4.78, 5) is 21.6. The number of pyridine rings is 1. The molecule has 0 bridgehead atoms. The maximum absolute atomic E-state index is 13.8. The van der Waals surface area contributed by atoms with Crippen LogP contribution in [0.2, 0.25) is 0 Å². The standard InChI is InChI=1S/C26H26F3N3O2/c27-10-14-34-31-26(22-5-6-23(28)24(29)15-22)20-3-1-18(2-4-20)17-32-12-8-19(9-13-32)21-7-11-30-25(33)16-21/h1-7,11,15-16,19H,8-10,12-14,17H2,(H,30,33)/b31-26-. The van der Waals surface area contributed by atoms with Crippen molar-refractivity contribution in [3.63, 3.8) is 0 Å². The van der Waals surface area contributed by atoms with Crippen LogP contribution in [0.5, 0.6) is 0 Å². The van der Waals surface area contributed by atoms with Gasteiger partial charge in [0.2, 0.25) is 5.56 Å². The molecule has 0 saturated carbocycles. The van der Waals surface area contributed by atoms with Crippen LogP contribution in [0.25, 0.3) is 0 Å². The van der Waals surface area contributed by atoms with Gasteiger partial charge < -0.3 is 9.82 Å². The molecule has 1 saturated heterocycles. The monoisotopic (exact) mass is 469 g/mol. The van der Waals surface area contributed by atoms with Crippen molar-refractivity contribution >= 4 is 5.71 Å². The molecule has 8 heteroatoms. The number of aromatic amines is 1. The normalized spacial score (nSPS) is 15.4. The quantitative estimate of drug-likeness (QED) is 0.294. The van der Waals surface area contributed by atoms with Gasteiger partial charge in [0.25, 0.3) is 0 Å². The van der Waals surface area contributed by atoms with Gasteiger partial charge in [0.1, 0.15) is 19.0 Å². The largest absolute Gasteiger partial charge is 0.392 e. The van der Waals surface area contributed by atoms with E-state index in [4.69, 9.17) is 4.84 Å². The molecule has 0 spiro atoms. The van der Waals surface area contributed by atoms with Crippen LogP contribution in [0, 0.1) is 11.6 Å². The topological polar surface area (TPSA) is 57.7 Å². The maximum atomic E-state index is 13.8. The molecule has 2 heterocycles. The van der Waals surface area contributed by atoms with E-state index in [1.54, 1.807) is 12.3 Å². The summed E-state index contributed by atoms with van der Waals surface area (Å²) in [6.07, 6.45) is 3.67. The van der Waals surface area contributed by atoms with Crippen LogP contribution in [0.4, 0.5) is 13.2 Å². The highest BCUT2D eigenvalue weighted by atomic mass is 19.2. The molecule has 34 heavy (non-hydrogen) atoms. The molecule has 0 aliphatic carbocycles. The lowest BCUT2D eigenvalue weighted by atomic mass is 9.90. The Morgan fingerprint density at radius 3 is 2.41 bits per heavy atom. The summed E-state index contributed by atoms with van der Waals surface area (Å²) < 4.78 is 39.6. The average molecular weight is 470 g/mol. The molecule has 1 N–H and O–H groups in total. The molecule has 0 amide bonds. The van der Waals surface area contributed by atoms with E-state index in [1.165, 1.54) is 6.07 Å². The fraction of sp³-hybridized carbons (Fsp3) is 0.308. The molecule has 4 rings (SSSR count).